The maximum atomic E-state index is 5.98. The summed E-state index contributed by atoms with van der Waals surface area (Å²) in [4.78, 5) is 12.8. The molecule has 1 atom stereocenters. The Labute approximate surface area is 154 Å². The van der Waals surface area contributed by atoms with Crippen LogP contribution in [0.3, 0.4) is 0 Å². The lowest BCUT2D eigenvalue weighted by Crippen LogP contribution is -2.08. The number of hydrogen-bond donors (Lipinski definition) is 1. The number of aromatic nitrogens is 5. The van der Waals surface area contributed by atoms with Gasteiger partial charge in [0.15, 0.2) is 11.4 Å². The Morgan fingerprint density at radius 1 is 1.00 bits per heavy atom. The van der Waals surface area contributed by atoms with Crippen LogP contribution in [0, 0.1) is 0 Å². The molecule has 7 heteroatoms. The Morgan fingerprint density at radius 3 is 2.67 bits per heavy atom. The SMILES string of the molecule is C[C@H](Nc1ncnc2c1oc1ccccc12)c1ccc(-n2cncn2)cc1. The van der Waals surface area contributed by atoms with Crippen LogP contribution in [-0.2, 0) is 0 Å². The zero-order valence-corrected chi connectivity index (χ0v) is 14.6. The molecule has 7 nitrogen and oxygen atoms in total. The summed E-state index contributed by atoms with van der Waals surface area (Å²) in [6.45, 7) is 2.08. The van der Waals surface area contributed by atoms with E-state index in [1.54, 1.807) is 17.3 Å². The summed E-state index contributed by atoms with van der Waals surface area (Å²) in [6.07, 6.45) is 4.76. The fourth-order valence-corrected chi connectivity index (χ4v) is 3.17. The van der Waals surface area contributed by atoms with Gasteiger partial charge in [-0.15, -0.1) is 0 Å². The number of rotatable bonds is 4. The van der Waals surface area contributed by atoms with Gasteiger partial charge in [0.05, 0.1) is 11.7 Å². The Morgan fingerprint density at radius 2 is 1.85 bits per heavy atom. The van der Waals surface area contributed by atoms with Crippen LogP contribution in [0.5, 0.6) is 0 Å². The average Bonchev–Trinajstić information content (AvgIpc) is 3.37. The fourth-order valence-electron chi connectivity index (χ4n) is 3.17. The predicted octanol–water partition coefficient (Wildman–Crippen LogP) is 4.13. The zero-order chi connectivity index (χ0) is 18.2. The first-order valence-electron chi connectivity index (χ1n) is 8.63. The number of para-hydroxylation sites is 1. The average molecular weight is 356 g/mol. The number of furan rings is 1. The summed E-state index contributed by atoms with van der Waals surface area (Å²) in [5.41, 5.74) is 4.38. The Balaban J connectivity index is 1.46. The highest BCUT2D eigenvalue weighted by Gasteiger charge is 2.15. The molecule has 132 valence electrons. The van der Waals surface area contributed by atoms with E-state index in [9.17, 15) is 0 Å². The predicted molar refractivity (Wildman–Crippen MR) is 103 cm³/mol. The van der Waals surface area contributed by atoms with Gasteiger partial charge in [0, 0.05) is 5.39 Å². The molecule has 0 radical (unpaired) electrons. The molecule has 1 N–H and O–H groups in total. The smallest absolute Gasteiger partial charge is 0.196 e. The lowest BCUT2D eigenvalue weighted by Gasteiger charge is -2.15. The minimum absolute atomic E-state index is 0.0427. The van der Waals surface area contributed by atoms with Crippen molar-refractivity contribution >= 4 is 27.9 Å². The quantitative estimate of drug-likeness (QED) is 0.521. The summed E-state index contributed by atoms with van der Waals surface area (Å²) in [5, 5.41) is 8.57. The first-order chi connectivity index (χ1) is 13.3. The Bertz CT molecular complexity index is 1210. The highest BCUT2D eigenvalue weighted by atomic mass is 16.3. The molecule has 5 aromatic rings. The lowest BCUT2D eigenvalue weighted by molar-refractivity contribution is 0.665. The van der Waals surface area contributed by atoms with Crippen molar-refractivity contribution in [1.29, 1.82) is 0 Å². The van der Waals surface area contributed by atoms with Crippen LogP contribution in [0.4, 0.5) is 5.82 Å². The van der Waals surface area contributed by atoms with Crippen LogP contribution < -0.4 is 5.32 Å². The van der Waals surface area contributed by atoms with Crippen molar-refractivity contribution in [2.45, 2.75) is 13.0 Å². The van der Waals surface area contributed by atoms with Crippen molar-refractivity contribution in [3.63, 3.8) is 0 Å². The van der Waals surface area contributed by atoms with Crippen molar-refractivity contribution in [3.8, 4) is 5.69 Å². The molecule has 0 amide bonds. The molecule has 0 aliphatic carbocycles. The Hall–Kier alpha value is -3.74. The van der Waals surface area contributed by atoms with Crippen LogP contribution in [0.2, 0.25) is 0 Å². The van der Waals surface area contributed by atoms with Crippen molar-refractivity contribution in [1.82, 2.24) is 24.7 Å². The molecule has 27 heavy (non-hydrogen) atoms. The molecule has 0 bridgehead atoms. The maximum Gasteiger partial charge on any atom is 0.196 e. The summed E-state index contributed by atoms with van der Waals surface area (Å²) in [7, 11) is 0. The number of anilines is 1. The maximum absolute atomic E-state index is 5.98. The Kier molecular flexibility index (Phi) is 3.57. The van der Waals surface area contributed by atoms with Gasteiger partial charge in [-0.2, -0.15) is 5.10 Å². The lowest BCUT2D eigenvalue weighted by atomic mass is 10.1. The molecule has 0 saturated heterocycles. The number of benzene rings is 2. The zero-order valence-electron chi connectivity index (χ0n) is 14.6. The van der Waals surface area contributed by atoms with E-state index in [4.69, 9.17) is 4.42 Å². The third-order valence-corrected chi connectivity index (χ3v) is 4.59. The van der Waals surface area contributed by atoms with Crippen LogP contribution in [0.25, 0.3) is 27.8 Å². The molecule has 3 aromatic heterocycles. The van der Waals surface area contributed by atoms with E-state index < -0.39 is 0 Å². The van der Waals surface area contributed by atoms with E-state index in [0.29, 0.717) is 11.4 Å². The first kappa shape index (κ1) is 15.5. The second kappa shape index (κ2) is 6.21. The van der Waals surface area contributed by atoms with E-state index in [2.05, 4.69) is 44.4 Å². The second-order valence-electron chi connectivity index (χ2n) is 6.30. The molecule has 0 spiro atoms. The molecule has 0 fully saturated rings. The van der Waals surface area contributed by atoms with E-state index in [-0.39, 0.29) is 6.04 Å². The van der Waals surface area contributed by atoms with Gasteiger partial charge in [-0.25, -0.2) is 19.6 Å². The molecule has 3 heterocycles. The van der Waals surface area contributed by atoms with Crippen LogP contribution in [-0.4, -0.2) is 24.7 Å². The number of fused-ring (bicyclic) bond motifs is 3. The molecule has 5 rings (SSSR count). The molecule has 0 aliphatic rings. The van der Waals surface area contributed by atoms with Crippen molar-refractivity contribution in [2.75, 3.05) is 5.32 Å². The summed E-state index contributed by atoms with van der Waals surface area (Å²) in [5.74, 6) is 0.684. The molecular formula is C20H16N6O. The van der Waals surface area contributed by atoms with Gasteiger partial charge >= 0.3 is 0 Å². The molecule has 0 saturated carbocycles. The van der Waals surface area contributed by atoms with Gasteiger partial charge in [0.1, 0.15) is 30.1 Å². The normalized spacial score (nSPS) is 12.5. The van der Waals surface area contributed by atoms with Gasteiger partial charge in [-0.3, -0.25) is 0 Å². The van der Waals surface area contributed by atoms with Gasteiger partial charge in [-0.1, -0.05) is 24.3 Å². The van der Waals surface area contributed by atoms with Gasteiger partial charge < -0.3 is 9.73 Å². The van der Waals surface area contributed by atoms with Crippen molar-refractivity contribution in [3.05, 3.63) is 73.1 Å². The van der Waals surface area contributed by atoms with E-state index in [0.717, 1.165) is 27.7 Å². The minimum atomic E-state index is 0.0427. The van der Waals surface area contributed by atoms with E-state index in [1.807, 2.05) is 36.4 Å². The number of hydrogen-bond acceptors (Lipinski definition) is 6. The van der Waals surface area contributed by atoms with Crippen LogP contribution in [0.15, 0.2) is 71.9 Å². The van der Waals surface area contributed by atoms with E-state index >= 15 is 0 Å². The van der Waals surface area contributed by atoms with Crippen molar-refractivity contribution in [2.24, 2.45) is 0 Å². The minimum Gasteiger partial charge on any atom is -0.450 e. The van der Waals surface area contributed by atoms with Crippen molar-refractivity contribution < 1.29 is 4.42 Å². The molecule has 0 aliphatic heterocycles. The summed E-state index contributed by atoms with van der Waals surface area (Å²) >= 11 is 0. The third kappa shape index (κ3) is 2.69. The monoisotopic (exact) mass is 356 g/mol. The van der Waals surface area contributed by atoms with E-state index in [1.165, 1.54) is 6.33 Å². The van der Waals surface area contributed by atoms with Crippen LogP contribution in [0.1, 0.15) is 18.5 Å². The standard InChI is InChI=1S/C20H16N6O/c1-13(14-6-8-15(9-7-14)26-12-21-10-24-26)25-20-19-18(22-11-23-20)16-4-2-3-5-17(16)27-19/h2-13H,1H3,(H,22,23,25)/t13-/m0/s1. The van der Waals surface area contributed by atoms with Gasteiger partial charge in [-0.05, 0) is 36.8 Å². The molecular weight excluding hydrogens is 340 g/mol. The number of nitrogens with zero attached hydrogens (tertiary/aromatic N) is 5. The topological polar surface area (TPSA) is 81.7 Å². The molecule has 0 unspecified atom stereocenters. The number of nitrogens with one attached hydrogen (secondary N) is 1. The summed E-state index contributed by atoms with van der Waals surface area (Å²) < 4.78 is 7.71. The summed E-state index contributed by atoms with van der Waals surface area (Å²) in [6, 6.07) is 16.1. The largest absolute Gasteiger partial charge is 0.450 e. The molecule has 2 aromatic carbocycles. The van der Waals surface area contributed by atoms with Crippen LogP contribution >= 0.6 is 0 Å². The highest BCUT2D eigenvalue weighted by Crippen LogP contribution is 2.31. The van der Waals surface area contributed by atoms with Gasteiger partial charge in [0.2, 0.25) is 0 Å². The first-order valence-corrected chi connectivity index (χ1v) is 8.63. The fraction of sp³-hybridized carbons (Fsp3) is 0.100. The highest BCUT2D eigenvalue weighted by molar-refractivity contribution is 6.05. The van der Waals surface area contributed by atoms with Gasteiger partial charge in [0.25, 0.3) is 0 Å². The second-order valence-corrected chi connectivity index (χ2v) is 6.30. The third-order valence-electron chi connectivity index (χ3n) is 4.59.